The van der Waals surface area contributed by atoms with Crippen molar-refractivity contribution in [3.8, 4) is 5.75 Å². The van der Waals surface area contributed by atoms with E-state index in [-0.39, 0.29) is 23.1 Å². The topological polar surface area (TPSA) is 55.4 Å². The second-order valence-corrected chi connectivity index (χ2v) is 9.02. The summed E-state index contributed by atoms with van der Waals surface area (Å²) in [6, 6.07) is 6.12. The molecule has 1 saturated heterocycles. The molecule has 0 aliphatic carbocycles. The molecule has 0 radical (unpaired) electrons. The first-order valence-corrected chi connectivity index (χ1v) is 9.39. The first-order chi connectivity index (χ1) is 9.37. The van der Waals surface area contributed by atoms with Crippen LogP contribution in [-0.4, -0.2) is 32.1 Å². The zero-order valence-corrected chi connectivity index (χ0v) is 13.8. The van der Waals surface area contributed by atoms with Gasteiger partial charge in [-0.05, 0) is 31.5 Å². The van der Waals surface area contributed by atoms with Gasteiger partial charge in [0.1, 0.15) is 5.75 Å². The third-order valence-electron chi connectivity index (χ3n) is 4.04. The molecule has 2 atom stereocenters. The predicted molar refractivity (Wildman–Crippen MR) is 81.8 cm³/mol. The molecule has 1 aromatic carbocycles. The van der Waals surface area contributed by atoms with Crippen molar-refractivity contribution in [2.75, 3.05) is 18.1 Å². The van der Waals surface area contributed by atoms with Crippen LogP contribution in [0.15, 0.2) is 22.7 Å². The maximum absolute atomic E-state index is 11.7. The first kappa shape index (κ1) is 14.4. The zero-order valence-electron chi connectivity index (χ0n) is 11.4. The second-order valence-electron chi connectivity index (χ2n) is 5.92. The van der Waals surface area contributed by atoms with Crippen LogP contribution in [0.25, 0.3) is 0 Å². The second kappa shape index (κ2) is 5.00. The summed E-state index contributed by atoms with van der Waals surface area (Å²) in [6.45, 7) is 2.67. The van der Waals surface area contributed by atoms with Gasteiger partial charge in [-0.25, -0.2) is 8.42 Å². The number of sulfone groups is 1. The number of halogens is 1. The molecule has 1 aromatic rings. The van der Waals surface area contributed by atoms with Crippen LogP contribution in [0.5, 0.6) is 5.75 Å². The van der Waals surface area contributed by atoms with Crippen molar-refractivity contribution in [1.29, 1.82) is 0 Å². The number of ether oxygens (including phenoxy) is 1. The SMILES string of the molecule is CC1(NC2CCOc3ccc(Br)cc32)CCS(=O)(=O)C1. The van der Waals surface area contributed by atoms with Gasteiger partial charge in [-0.15, -0.1) is 0 Å². The van der Waals surface area contributed by atoms with Crippen LogP contribution < -0.4 is 10.1 Å². The van der Waals surface area contributed by atoms with Gasteiger partial charge in [0.15, 0.2) is 9.84 Å². The van der Waals surface area contributed by atoms with Crippen LogP contribution in [0, 0.1) is 0 Å². The molecule has 3 rings (SSSR count). The maximum Gasteiger partial charge on any atom is 0.152 e. The molecule has 6 heteroatoms. The van der Waals surface area contributed by atoms with E-state index >= 15 is 0 Å². The van der Waals surface area contributed by atoms with E-state index in [9.17, 15) is 8.42 Å². The molecule has 0 bridgehead atoms. The molecule has 0 amide bonds. The van der Waals surface area contributed by atoms with Crippen molar-refractivity contribution in [2.45, 2.75) is 31.3 Å². The Morgan fingerprint density at radius 2 is 2.25 bits per heavy atom. The zero-order chi connectivity index (χ0) is 14.4. The highest BCUT2D eigenvalue weighted by Gasteiger charge is 2.40. The average Bonchev–Trinajstić information content (AvgIpc) is 2.64. The van der Waals surface area contributed by atoms with Gasteiger partial charge in [0.25, 0.3) is 0 Å². The number of benzene rings is 1. The molecule has 2 aliphatic heterocycles. The predicted octanol–water partition coefficient (Wildman–Crippen LogP) is 2.44. The number of nitrogens with one attached hydrogen (secondary N) is 1. The van der Waals surface area contributed by atoms with Crippen LogP contribution in [0.4, 0.5) is 0 Å². The summed E-state index contributed by atoms with van der Waals surface area (Å²) in [4.78, 5) is 0. The summed E-state index contributed by atoms with van der Waals surface area (Å²) in [5.41, 5.74) is 0.775. The summed E-state index contributed by atoms with van der Waals surface area (Å²) in [7, 11) is -2.89. The molecule has 4 nitrogen and oxygen atoms in total. The Morgan fingerprint density at radius 1 is 1.45 bits per heavy atom. The van der Waals surface area contributed by atoms with Gasteiger partial charge >= 0.3 is 0 Å². The monoisotopic (exact) mass is 359 g/mol. The molecule has 0 saturated carbocycles. The van der Waals surface area contributed by atoms with Crippen LogP contribution in [-0.2, 0) is 9.84 Å². The van der Waals surface area contributed by atoms with Gasteiger partial charge in [-0.1, -0.05) is 15.9 Å². The number of fused-ring (bicyclic) bond motifs is 1. The largest absolute Gasteiger partial charge is 0.493 e. The Labute approximate surface area is 127 Å². The molecule has 110 valence electrons. The van der Waals surface area contributed by atoms with E-state index in [1.807, 2.05) is 19.1 Å². The van der Waals surface area contributed by atoms with Gasteiger partial charge < -0.3 is 10.1 Å². The average molecular weight is 360 g/mol. The molecule has 2 unspecified atom stereocenters. The third-order valence-corrected chi connectivity index (χ3v) is 6.43. The lowest BCUT2D eigenvalue weighted by Crippen LogP contribution is -2.46. The highest BCUT2D eigenvalue weighted by molar-refractivity contribution is 9.10. The summed E-state index contributed by atoms with van der Waals surface area (Å²) in [5.74, 6) is 1.40. The van der Waals surface area contributed by atoms with Crippen molar-refractivity contribution in [2.24, 2.45) is 0 Å². The number of hydrogen-bond acceptors (Lipinski definition) is 4. The van der Waals surface area contributed by atoms with Crippen molar-refractivity contribution < 1.29 is 13.2 Å². The summed E-state index contributed by atoms with van der Waals surface area (Å²) >= 11 is 3.48. The highest BCUT2D eigenvalue weighted by atomic mass is 79.9. The summed E-state index contributed by atoms with van der Waals surface area (Å²) in [5, 5.41) is 3.55. The summed E-state index contributed by atoms with van der Waals surface area (Å²) in [6.07, 6.45) is 1.54. The Bertz CT molecular complexity index is 631. The molecule has 2 heterocycles. The lowest BCUT2D eigenvalue weighted by atomic mass is 9.94. The van der Waals surface area contributed by atoms with Crippen LogP contribution in [0.2, 0.25) is 0 Å². The van der Waals surface area contributed by atoms with Gasteiger partial charge in [0, 0.05) is 28.0 Å². The minimum atomic E-state index is -2.89. The molecular weight excluding hydrogens is 342 g/mol. The van der Waals surface area contributed by atoms with Gasteiger partial charge in [-0.2, -0.15) is 0 Å². The van der Waals surface area contributed by atoms with E-state index in [1.165, 1.54) is 0 Å². The molecule has 1 fully saturated rings. The molecule has 1 N–H and O–H groups in total. The smallest absolute Gasteiger partial charge is 0.152 e. The fraction of sp³-hybridized carbons (Fsp3) is 0.571. The van der Waals surface area contributed by atoms with E-state index in [4.69, 9.17) is 4.74 Å². The quantitative estimate of drug-likeness (QED) is 0.880. The Hall–Kier alpha value is -0.590. The van der Waals surface area contributed by atoms with Gasteiger partial charge in [0.2, 0.25) is 0 Å². The lowest BCUT2D eigenvalue weighted by molar-refractivity contribution is 0.227. The Kier molecular flexibility index (Phi) is 3.59. The van der Waals surface area contributed by atoms with E-state index in [0.717, 1.165) is 22.2 Å². The minimum Gasteiger partial charge on any atom is -0.493 e. The minimum absolute atomic E-state index is 0.148. The molecule has 0 spiro atoms. The summed E-state index contributed by atoms with van der Waals surface area (Å²) < 4.78 is 30.1. The lowest BCUT2D eigenvalue weighted by Gasteiger charge is -2.34. The Balaban J connectivity index is 1.85. The van der Waals surface area contributed by atoms with Crippen molar-refractivity contribution in [3.05, 3.63) is 28.2 Å². The standard InChI is InChI=1S/C14H18BrNO3S/c1-14(5-7-20(17,18)9-14)16-12-4-6-19-13-3-2-10(15)8-11(12)13/h2-3,8,12,16H,4-7,9H2,1H3. The molecule has 0 aromatic heterocycles. The fourth-order valence-corrected chi connectivity index (χ4v) is 5.54. The van der Waals surface area contributed by atoms with E-state index < -0.39 is 9.84 Å². The van der Waals surface area contributed by atoms with Gasteiger partial charge in [0.05, 0.1) is 18.1 Å². The normalized spacial score (nSPS) is 31.6. The van der Waals surface area contributed by atoms with E-state index in [1.54, 1.807) is 0 Å². The van der Waals surface area contributed by atoms with Crippen LogP contribution >= 0.6 is 15.9 Å². The highest BCUT2D eigenvalue weighted by Crippen LogP contribution is 2.36. The fourth-order valence-electron chi connectivity index (χ4n) is 3.06. The maximum atomic E-state index is 11.7. The van der Waals surface area contributed by atoms with E-state index in [0.29, 0.717) is 13.0 Å². The van der Waals surface area contributed by atoms with Crippen molar-refractivity contribution >= 4 is 25.8 Å². The third kappa shape index (κ3) is 2.87. The first-order valence-electron chi connectivity index (χ1n) is 6.77. The van der Waals surface area contributed by atoms with Crippen molar-refractivity contribution in [3.63, 3.8) is 0 Å². The number of hydrogen-bond donors (Lipinski definition) is 1. The Morgan fingerprint density at radius 3 is 2.95 bits per heavy atom. The van der Waals surface area contributed by atoms with E-state index in [2.05, 4.69) is 27.3 Å². The van der Waals surface area contributed by atoms with Crippen LogP contribution in [0.1, 0.15) is 31.4 Å². The molecule has 2 aliphatic rings. The van der Waals surface area contributed by atoms with Crippen LogP contribution in [0.3, 0.4) is 0 Å². The number of rotatable bonds is 2. The van der Waals surface area contributed by atoms with Gasteiger partial charge in [-0.3, -0.25) is 0 Å². The molecule has 20 heavy (non-hydrogen) atoms. The van der Waals surface area contributed by atoms with Crippen molar-refractivity contribution in [1.82, 2.24) is 5.32 Å². The molecular formula is C14H18BrNO3S.